The number of nitrogens with zero attached hydrogens (tertiary/aromatic N) is 2. The third-order valence-corrected chi connectivity index (χ3v) is 6.01. The minimum absolute atomic E-state index is 0.0432. The summed E-state index contributed by atoms with van der Waals surface area (Å²) in [5.41, 5.74) is 8.02. The van der Waals surface area contributed by atoms with Crippen LogP contribution in [0.25, 0.3) is 11.3 Å². The molecule has 27 heavy (non-hydrogen) atoms. The summed E-state index contributed by atoms with van der Waals surface area (Å²) < 4.78 is 15.5. The molecule has 0 aliphatic rings. The van der Waals surface area contributed by atoms with Gasteiger partial charge in [-0.05, 0) is 42.6 Å². The molecule has 3 rings (SSSR count). The summed E-state index contributed by atoms with van der Waals surface area (Å²) in [7, 11) is 1.76. The highest BCUT2D eigenvalue weighted by atomic mass is 35.5. The largest absolute Gasteiger partial charge is 0.330 e. The highest BCUT2D eigenvalue weighted by Crippen LogP contribution is 2.39. The summed E-state index contributed by atoms with van der Waals surface area (Å²) in [6, 6.07) is 8.10. The van der Waals surface area contributed by atoms with Gasteiger partial charge in [-0.15, -0.1) is 11.3 Å². The number of carbonyl (C=O) groups is 1. The Balaban J connectivity index is 1.76. The Morgan fingerprint density at radius 1 is 1.37 bits per heavy atom. The monoisotopic (exact) mass is 425 g/mol. The first-order chi connectivity index (χ1) is 12.9. The fraction of sp³-hybridized carbons (Fsp3) is 0.263. The van der Waals surface area contributed by atoms with E-state index in [0.717, 1.165) is 5.56 Å². The van der Waals surface area contributed by atoms with E-state index >= 15 is 0 Å². The van der Waals surface area contributed by atoms with E-state index in [0.29, 0.717) is 38.5 Å². The van der Waals surface area contributed by atoms with Gasteiger partial charge >= 0.3 is 0 Å². The van der Waals surface area contributed by atoms with Gasteiger partial charge in [0.05, 0.1) is 21.8 Å². The molecule has 0 aliphatic heterocycles. The predicted molar refractivity (Wildman–Crippen MR) is 108 cm³/mol. The van der Waals surface area contributed by atoms with Gasteiger partial charge in [0.1, 0.15) is 10.2 Å². The smallest absolute Gasteiger partial charge is 0.173 e. The number of hydrogen-bond donors (Lipinski definition) is 1. The number of ketones is 1. The van der Waals surface area contributed by atoms with E-state index in [1.807, 2.05) is 6.07 Å². The van der Waals surface area contributed by atoms with E-state index in [1.54, 1.807) is 23.9 Å². The molecule has 1 aromatic carbocycles. The van der Waals surface area contributed by atoms with Crippen LogP contribution < -0.4 is 5.73 Å². The fourth-order valence-corrected chi connectivity index (χ4v) is 4.47. The highest BCUT2D eigenvalue weighted by molar-refractivity contribution is 7.18. The zero-order valence-corrected chi connectivity index (χ0v) is 16.9. The summed E-state index contributed by atoms with van der Waals surface area (Å²) >= 11 is 13.7. The number of Topliss-reactive ketones (excluding diaryl/α,β-unsaturated/α-hetero) is 1. The summed E-state index contributed by atoms with van der Waals surface area (Å²) in [6.45, 7) is 0.335. The maximum absolute atomic E-state index is 13.4. The van der Waals surface area contributed by atoms with E-state index in [1.165, 1.54) is 29.7 Å². The third kappa shape index (κ3) is 4.58. The molecule has 3 aromatic rings. The molecule has 0 aliphatic carbocycles. The number of thiophene rings is 1. The summed E-state index contributed by atoms with van der Waals surface area (Å²) in [6.07, 6.45) is 2.35. The molecule has 0 bridgehead atoms. The van der Waals surface area contributed by atoms with Crippen molar-refractivity contribution in [2.24, 2.45) is 18.7 Å². The lowest BCUT2D eigenvalue weighted by Crippen LogP contribution is -2.20. The van der Waals surface area contributed by atoms with Crippen molar-refractivity contribution in [2.45, 2.75) is 12.8 Å². The molecule has 0 radical (unpaired) electrons. The minimum atomic E-state index is -0.294. The lowest BCUT2D eigenvalue weighted by atomic mass is 9.94. The molecular weight excluding hydrogens is 408 g/mol. The molecule has 4 nitrogen and oxygen atoms in total. The van der Waals surface area contributed by atoms with Crippen LogP contribution in [0.1, 0.15) is 21.7 Å². The fourth-order valence-electron chi connectivity index (χ4n) is 2.98. The van der Waals surface area contributed by atoms with E-state index in [2.05, 4.69) is 5.10 Å². The molecule has 0 fully saturated rings. The number of hydrogen-bond acceptors (Lipinski definition) is 4. The number of carbonyl (C=O) groups excluding carboxylic acids is 1. The van der Waals surface area contributed by atoms with Crippen LogP contribution in [-0.2, 0) is 13.5 Å². The first-order valence-electron chi connectivity index (χ1n) is 8.34. The zero-order chi connectivity index (χ0) is 19.6. The first-order valence-corrected chi connectivity index (χ1v) is 9.91. The molecule has 0 unspecified atom stereocenters. The van der Waals surface area contributed by atoms with E-state index in [4.69, 9.17) is 28.9 Å². The zero-order valence-electron chi connectivity index (χ0n) is 14.6. The molecule has 8 heteroatoms. The molecule has 0 spiro atoms. The van der Waals surface area contributed by atoms with Gasteiger partial charge in [0.2, 0.25) is 0 Å². The van der Waals surface area contributed by atoms with Crippen LogP contribution in [0.15, 0.2) is 36.5 Å². The molecule has 2 N–H and O–H groups in total. The standard InChI is InChI=1S/C19H18Cl2FN3OS/c1-25-18(15(20)10-24-25)14-8-17(27-19(14)21)16(26)7-12(9-23)5-11-3-2-4-13(22)6-11/h2-4,6,8,10,12H,5,7,9,23H2,1H3/t12-/m1/s1. The number of aromatic nitrogens is 2. The average Bonchev–Trinajstić information content (AvgIpc) is 3.16. The Kier molecular flexibility index (Phi) is 6.32. The van der Waals surface area contributed by atoms with Crippen molar-refractivity contribution in [3.05, 3.63) is 62.1 Å². The van der Waals surface area contributed by atoms with Gasteiger partial charge in [0, 0.05) is 19.0 Å². The van der Waals surface area contributed by atoms with Crippen LogP contribution in [-0.4, -0.2) is 22.1 Å². The molecule has 0 amide bonds. The molecular formula is C19H18Cl2FN3OS. The third-order valence-electron chi connectivity index (χ3n) is 4.33. The van der Waals surface area contributed by atoms with E-state index in [9.17, 15) is 9.18 Å². The molecule has 2 aromatic heterocycles. The van der Waals surface area contributed by atoms with Crippen molar-refractivity contribution in [2.75, 3.05) is 6.54 Å². The van der Waals surface area contributed by atoms with Crippen LogP contribution >= 0.6 is 34.5 Å². The van der Waals surface area contributed by atoms with Gasteiger partial charge in [-0.2, -0.15) is 5.10 Å². The maximum atomic E-state index is 13.4. The molecule has 0 saturated heterocycles. The Hall–Kier alpha value is -1.73. The topological polar surface area (TPSA) is 60.9 Å². The van der Waals surface area contributed by atoms with Crippen molar-refractivity contribution in [1.29, 1.82) is 0 Å². The Morgan fingerprint density at radius 2 is 2.15 bits per heavy atom. The van der Waals surface area contributed by atoms with Gasteiger partial charge in [0.15, 0.2) is 5.78 Å². The summed E-state index contributed by atoms with van der Waals surface area (Å²) in [5, 5.41) is 4.58. The van der Waals surface area contributed by atoms with Crippen LogP contribution in [0.5, 0.6) is 0 Å². The maximum Gasteiger partial charge on any atom is 0.173 e. The van der Waals surface area contributed by atoms with Crippen LogP contribution in [0, 0.1) is 11.7 Å². The lowest BCUT2D eigenvalue weighted by Gasteiger charge is -2.13. The van der Waals surface area contributed by atoms with E-state index in [-0.39, 0.29) is 23.9 Å². The van der Waals surface area contributed by atoms with Gasteiger partial charge in [-0.3, -0.25) is 9.48 Å². The van der Waals surface area contributed by atoms with Crippen LogP contribution in [0.4, 0.5) is 4.39 Å². The number of aryl methyl sites for hydroxylation is 1. The second-order valence-corrected chi connectivity index (χ2v) is 8.39. The predicted octanol–water partition coefficient (Wildman–Crippen LogP) is 4.98. The van der Waals surface area contributed by atoms with Gasteiger partial charge in [-0.25, -0.2) is 4.39 Å². The molecule has 1 atom stereocenters. The second-order valence-electron chi connectivity index (χ2n) is 6.33. The average molecular weight is 426 g/mol. The lowest BCUT2D eigenvalue weighted by molar-refractivity contribution is 0.0966. The van der Waals surface area contributed by atoms with Crippen molar-refractivity contribution in [1.82, 2.24) is 9.78 Å². The molecule has 142 valence electrons. The molecule has 0 saturated carbocycles. The number of benzene rings is 1. The van der Waals surface area contributed by atoms with Gasteiger partial charge in [0.25, 0.3) is 0 Å². The SMILES string of the molecule is Cn1ncc(Cl)c1-c1cc(C(=O)C[C@H](CN)Cc2cccc(F)c2)sc1Cl. The van der Waals surface area contributed by atoms with Crippen LogP contribution in [0.2, 0.25) is 9.36 Å². The van der Waals surface area contributed by atoms with Crippen molar-refractivity contribution < 1.29 is 9.18 Å². The Bertz CT molecular complexity index is 950. The van der Waals surface area contributed by atoms with Crippen LogP contribution in [0.3, 0.4) is 0 Å². The van der Waals surface area contributed by atoms with Gasteiger partial charge in [-0.1, -0.05) is 35.3 Å². The highest BCUT2D eigenvalue weighted by Gasteiger charge is 2.21. The Labute approximate surface area is 170 Å². The quantitative estimate of drug-likeness (QED) is 0.542. The van der Waals surface area contributed by atoms with E-state index < -0.39 is 0 Å². The summed E-state index contributed by atoms with van der Waals surface area (Å²) in [5.74, 6) is -0.417. The van der Waals surface area contributed by atoms with Crippen molar-refractivity contribution >= 4 is 40.3 Å². The summed E-state index contributed by atoms with van der Waals surface area (Å²) in [4.78, 5) is 13.3. The Morgan fingerprint density at radius 3 is 2.78 bits per heavy atom. The number of nitrogens with two attached hydrogens (primary N) is 1. The normalized spacial score (nSPS) is 12.3. The number of halogens is 3. The molecule has 2 heterocycles. The first kappa shape index (κ1) is 20.0. The second kappa shape index (κ2) is 8.52. The van der Waals surface area contributed by atoms with Crippen molar-refractivity contribution in [3.8, 4) is 11.3 Å². The minimum Gasteiger partial charge on any atom is -0.330 e. The number of rotatable bonds is 7. The van der Waals surface area contributed by atoms with Crippen molar-refractivity contribution in [3.63, 3.8) is 0 Å². The van der Waals surface area contributed by atoms with Gasteiger partial charge < -0.3 is 5.73 Å².